The minimum atomic E-state index is -0.305. The molecule has 0 N–H and O–H groups in total. The maximum absolute atomic E-state index is 13.5. The van der Waals surface area contributed by atoms with Crippen molar-refractivity contribution in [1.82, 2.24) is 9.55 Å². The molecule has 0 aliphatic carbocycles. The van der Waals surface area contributed by atoms with Gasteiger partial charge in [0.25, 0.3) is 5.56 Å². The van der Waals surface area contributed by atoms with Crippen LogP contribution >= 0.6 is 0 Å². The molecule has 0 bridgehead atoms. The molecule has 0 spiro atoms. The van der Waals surface area contributed by atoms with Gasteiger partial charge in [0.15, 0.2) is 0 Å². The maximum Gasteiger partial charge on any atom is 0.266 e. The fourth-order valence-corrected chi connectivity index (χ4v) is 3.16. The lowest BCUT2D eigenvalue weighted by molar-refractivity contribution is 0.627. The lowest BCUT2D eigenvalue weighted by Gasteiger charge is -2.13. The van der Waals surface area contributed by atoms with Crippen LogP contribution < -0.4 is 5.56 Å². The number of aryl methyl sites for hydroxylation is 2. The molecule has 0 saturated carbocycles. The Kier molecular flexibility index (Phi) is 4.62. The topological polar surface area (TPSA) is 34.9 Å². The van der Waals surface area contributed by atoms with Gasteiger partial charge in [0.05, 0.1) is 16.6 Å². The first-order chi connectivity index (χ1) is 13.5. The highest BCUT2D eigenvalue weighted by molar-refractivity contribution is 5.80. The van der Waals surface area contributed by atoms with E-state index in [-0.39, 0.29) is 11.4 Å². The van der Waals surface area contributed by atoms with Crippen LogP contribution in [0.2, 0.25) is 0 Å². The van der Waals surface area contributed by atoms with E-state index in [2.05, 4.69) is 4.98 Å². The van der Waals surface area contributed by atoms with Gasteiger partial charge in [0.2, 0.25) is 0 Å². The second-order valence-electron chi connectivity index (χ2n) is 6.78. The monoisotopic (exact) mass is 370 g/mol. The lowest BCUT2D eigenvalue weighted by Crippen LogP contribution is -2.22. The molecule has 4 heteroatoms. The summed E-state index contributed by atoms with van der Waals surface area (Å²) >= 11 is 0. The zero-order chi connectivity index (χ0) is 19.7. The Hall–Kier alpha value is -3.53. The summed E-state index contributed by atoms with van der Waals surface area (Å²) in [5.41, 5.74) is 4.21. The smallest absolute Gasteiger partial charge is 0.266 e. The van der Waals surface area contributed by atoms with Gasteiger partial charge in [-0.25, -0.2) is 9.37 Å². The molecule has 28 heavy (non-hydrogen) atoms. The van der Waals surface area contributed by atoms with Crippen LogP contribution in [0.25, 0.3) is 28.7 Å². The highest BCUT2D eigenvalue weighted by Gasteiger charge is 2.11. The molecule has 0 fully saturated rings. The van der Waals surface area contributed by atoms with E-state index in [1.165, 1.54) is 12.1 Å². The Labute approximate surface area is 162 Å². The van der Waals surface area contributed by atoms with Crippen molar-refractivity contribution in [3.63, 3.8) is 0 Å². The average Bonchev–Trinajstić information content (AvgIpc) is 2.69. The van der Waals surface area contributed by atoms with E-state index in [1.807, 2.05) is 50.2 Å². The van der Waals surface area contributed by atoms with Gasteiger partial charge in [0, 0.05) is 0 Å². The van der Waals surface area contributed by atoms with Crippen LogP contribution in [-0.2, 0) is 0 Å². The number of halogens is 1. The Morgan fingerprint density at radius 3 is 2.50 bits per heavy atom. The van der Waals surface area contributed by atoms with Gasteiger partial charge in [0.1, 0.15) is 11.6 Å². The Balaban J connectivity index is 1.95. The summed E-state index contributed by atoms with van der Waals surface area (Å²) in [5.74, 6) is 0.191. The van der Waals surface area contributed by atoms with E-state index >= 15 is 0 Å². The highest BCUT2D eigenvalue weighted by atomic mass is 19.1. The van der Waals surface area contributed by atoms with Crippen molar-refractivity contribution in [2.45, 2.75) is 13.8 Å². The largest absolute Gasteiger partial charge is 0.268 e. The molecule has 0 amide bonds. The first-order valence-corrected chi connectivity index (χ1v) is 9.06. The summed E-state index contributed by atoms with van der Waals surface area (Å²) in [6.45, 7) is 4.05. The molecule has 0 unspecified atom stereocenters. The zero-order valence-corrected chi connectivity index (χ0v) is 15.7. The molecule has 4 rings (SSSR count). The second-order valence-corrected chi connectivity index (χ2v) is 6.78. The molecule has 0 saturated heterocycles. The second kappa shape index (κ2) is 7.24. The van der Waals surface area contributed by atoms with Crippen LogP contribution in [0, 0.1) is 19.7 Å². The van der Waals surface area contributed by atoms with Crippen molar-refractivity contribution in [3.05, 3.63) is 105 Å². The van der Waals surface area contributed by atoms with Gasteiger partial charge >= 0.3 is 0 Å². The number of fused-ring (bicyclic) bond motifs is 1. The highest BCUT2D eigenvalue weighted by Crippen LogP contribution is 2.18. The summed E-state index contributed by atoms with van der Waals surface area (Å²) in [6, 6.07) is 19.5. The maximum atomic E-state index is 13.5. The van der Waals surface area contributed by atoms with Gasteiger partial charge in [-0.2, -0.15) is 0 Å². The number of aromatic nitrogens is 2. The summed E-state index contributed by atoms with van der Waals surface area (Å²) < 4.78 is 15.1. The van der Waals surface area contributed by atoms with Crippen LogP contribution in [0.3, 0.4) is 0 Å². The van der Waals surface area contributed by atoms with E-state index in [0.29, 0.717) is 22.3 Å². The van der Waals surface area contributed by atoms with E-state index in [0.717, 1.165) is 16.8 Å². The van der Waals surface area contributed by atoms with Gasteiger partial charge < -0.3 is 0 Å². The predicted octanol–water partition coefficient (Wildman–Crippen LogP) is 5.31. The van der Waals surface area contributed by atoms with Crippen molar-refractivity contribution < 1.29 is 4.39 Å². The molecule has 138 valence electrons. The van der Waals surface area contributed by atoms with E-state index in [1.54, 1.807) is 34.9 Å². The van der Waals surface area contributed by atoms with Crippen LogP contribution in [-0.4, -0.2) is 9.55 Å². The van der Waals surface area contributed by atoms with Crippen molar-refractivity contribution in [2.24, 2.45) is 0 Å². The number of hydrogen-bond donors (Lipinski definition) is 0. The molecule has 0 aliphatic rings. The molecular formula is C24H19FN2O. The number of para-hydroxylation sites is 1. The molecular weight excluding hydrogens is 351 g/mol. The number of benzene rings is 3. The van der Waals surface area contributed by atoms with E-state index < -0.39 is 0 Å². The third kappa shape index (κ3) is 3.37. The average molecular weight is 370 g/mol. The van der Waals surface area contributed by atoms with Crippen LogP contribution in [0.1, 0.15) is 22.5 Å². The van der Waals surface area contributed by atoms with Crippen molar-refractivity contribution in [1.29, 1.82) is 0 Å². The Morgan fingerprint density at radius 2 is 1.71 bits per heavy atom. The molecule has 3 aromatic carbocycles. The minimum absolute atomic E-state index is 0.132. The Bertz CT molecular complexity index is 1270. The predicted molar refractivity (Wildman–Crippen MR) is 112 cm³/mol. The van der Waals surface area contributed by atoms with E-state index in [4.69, 9.17) is 0 Å². The van der Waals surface area contributed by atoms with E-state index in [9.17, 15) is 9.18 Å². The van der Waals surface area contributed by atoms with Crippen molar-refractivity contribution in [2.75, 3.05) is 0 Å². The molecule has 4 aromatic rings. The van der Waals surface area contributed by atoms with Gasteiger partial charge in [-0.1, -0.05) is 36.4 Å². The van der Waals surface area contributed by atoms with Gasteiger partial charge in [-0.05, 0) is 73.0 Å². The Morgan fingerprint density at radius 1 is 0.893 bits per heavy atom. The lowest BCUT2D eigenvalue weighted by atomic mass is 10.1. The normalized spacial score (nSPS) is 11.4. The molecule has 3 nitrogen and oxygen atoms in total. The zero-order valence-electron chi connectivity index (χ0n) is 15.7. The van der Waals surface area contributed by atoms with Gasteiger partial charge in [-0.15, -0.1) is 0 Å². The van der Waals surface area contributed by atoms with Crippen molar-refractivity contribution in [3.8, 4) is 5.69 Å². The van der Waals surface area contributed by atoms with Crippen LogP contribution in [0.15, 0.2) is 71.5 Å². The summed E-state index contributed by atoms with van der Waals surface area (Å²) in [7, 11) is 0. The first kappa shape index (κ1) is 17.9. The SMILES string of the molecule is Cc1ccc(-n2c(/C=C/c3cccc(F)c3)nc3ccccc3c2=O)cc1C. The summed E-state index contributed by atoms with van der Waals surface area (Å²) in [4.78, 5) is 17.9. The quantitative estimate of drug-likeness (QED) is 0.490. The number of hydrogen-bond acceptors (Lipinski definition) is 2. The third-order valence-corrected chi connectivity index (χ3v) is 4.82. The van der Waals surface area contributed by atoms with Gasteiger partial charge in [-0.3, -0.25) is 9.36 Å². The minimum Gasteiger partial charge on any atom is -0.268 e. The molecule has 0 radical (unpaired) electrons. The fraction of sp³-hybridized carbons (Fsp3) is 0.0833. The fourth-order valence-electron chi connectivity index (χ4n) is 3.16. The summed E-state index contributed by atoms with van der Waals surface area (Å²) in [6.07, 6.45) is 3.51. The number of rotatable bonds is 3. The molecule has 0 atom stereocenters. The number of nitrogens with zero attached hydrogens (tertiary/aromatic N) is 2. The molecule has 1 heterocycles. The molecule has 0 aliphatic heterocycles. The first-order valence-electron chi connectivity index (χ1n) is 9.06. The summed E-state index contributed by atoms with van der Waals surface area (Å²) in [5, 5.41) is 0.559. The molecule has 1 aromatic heterocycles. The van der Waals surface area contributed by atoms with Crippen LogP contribution in [0.5, 0.6) is 0 Å². The van der Waals surface area contributed by atoms with Crippen molar-refractivity contribution >= 4 is 23.1 Å². The third-order valence-electron chi connectivity index (χ3n) is 4.82. The van der Waals surface area contributed by atoms with Crippen LogP contribution in [0.4, 0.5) is 4.39 Å². The standard InChI is InChI=1S/C24H19FN2O/c1-16-10-12-20(14-17(16)2)27-23(13-11-18-6-5-7-19(25)15-18)26-22-9-4-3-8-21(22)24(27)28/h3-15H,1-2H3/b13-11+.